The summed E-state index contributed by atoms with van der Waals surface area (Å²) in [5, 5.41) is 16.7. The second-order valence-electron chi connectivity index (χ2n) is 16.0. The number of ketones is 1. The molecule has 0 amide bonds. The number of likely N-dealkylation sites (N-methyl/N-ethyl adjacent to an activating group) is 1. The van der Waals surface area contributed by atoms with Gasteiger partial charge in [-0.25, -0.2) is 7.29 Å². The third-order valence-corrected chi connectivity index (χ3v) is 11.5. The summed E-state index contributed by atoms with van der Waals surface area (Å²) in [5.74, 6) is -2.99. The third-order valence-electron chi connectivity index (χ3n) is 11.5. The Labute approximate surface area is 550 Å². The first-order chi connectivity index (χ1) is 26.3. The molecular formula is C42H66N3O10Y7-3. The van der Waals surface area contributed by atoms with Crippen molar-refractivity contribution in [2.45, 2.75) is 135 Å². The van der Waals surface area contributed by atoms with E-state index in [1.807, 2.05) is 47.9 Å². The van der Waals surface area contributed by atoms with Crippen LogP contribution in [0.3, 0.4) is 0 Å². The number of nitrogens with zero attached hydrogens (tertiary/aromatic N) is 3. The molecular weight excluding hydrogens is 1330 g/mol. The van der Waals surface area contributed by atoms with Crippen LogP contribution in [0.4, 0.5) is 0 Å². The maximum absolute atomic E-state index is 14.4. The molecule has 2 bridgehead atoms. The summed E-state index contributed by atoms with van der Waals surface area (Å²) >= 11 is 0. The molecule has 20 heteroatoms. The zero-order valence-electron chi connectivity index (χ0n) is 39.9. The van der Waals surface area contributed by atoms with Gasteiger partial charge in [0.2, 0.25) is 0 Å². The zero-order chi connectivity index (χ0) is 42.1. The molecule has 3 aliphatic rings. The number of ether oxygens (including phenoxy) is 6. The Kier molecular flexibility index (Phi) is 41.3. The number of fused-ring (bicyclic) bond motifs is 5. The van der Waals surface area contributed by atoms with Crippen LogP contribution in [-0.4, -0.2) is 121 Å². The first-order valence-electron chi connectivity index (χ1n) is 19.7. The molecule has 1 N–H and O–H groups in total. The number of pyridine rings is 1. The van der Waals surface area contributed by atoms with Crippen LogP contribution in [0.2, 0.25) is 0 Å². The molecule has 4 heterocycles. The van der Waals surface area contributed by atoms with E-state index < -0.39 is 65.5 Å². The number of carbonyl (C=O) groups excluding carboxylic acids is 2. The van der Waals surface area contributed by atoms with Crippen LogP contribution >= 0.6 is 0 Å². The van der Waals surface area contributed by atoms with E-state index in [1.54, 1.807) is 40.1 Å². The van der Waals surface area contributed by atoms with E-state index in [0.29, 0.717) is 24.2 Å². The number of Topliss-reactive ketones (excluding diaryl/α,β-unsaturated/α-hetero) is 1. The summed E-state index contributed by atoms with van der Waals surface area (Å²) in [4.78, 5) is 40.4. The summed E-state index contributed by atoms with van der Waals surface area (Å²) < 4.78 is 44.3. The Morgan fingerprint density at radius 3 is 2.21 bits per heavy atom. The Morgan fingerprint density at radius 1 is 1.06 bits per heavy atom. The normalized spacial score (nSPS) is 33.6. The van der Waals surface area contributed by atoms with Gasteiger partial charge in [0.1, 0.15) is 23.5 Å². The molecule has 3 fully saturated rings. The predicted octanol–water partition coefficient (Wildman–Crippen LogP) is 5.31. The smallest absolute Gasteiger partial charge is 0.186 e. The summed E-state index contributed by atoms with van der Waals surface area (Å²) in [6, 6.07) is 3.60. The quantitative estimate of drug-likeness (QED) is 0.156. The standard InChI is InChI=1S/C41H63N3O10.CH3.7Y/c1-14-33-41(10,47)37-27(6)26(5)24(3)18-40(9,50-21-31(20-49-37)43-51-22-30-16-15-23(2)19-42-30)36(28(7)34(45)29(8)38(46)53-33)54-39-35(48-13)32(44(11)12)17-25(4)52-39;;;;;;;;/h15-16,19,24-25,27-28,32-33,35-37,39,47H,2,5,14,17-18,20-22H2,1,3-4,6-13H3;1H3;;;;;;;/q-2;-1;;;;;;;/t24-,25-,27+,28+,32+,33-,35-,36-,37-,39?,40-,41-;;;;;;;;/m1......../s1/i;1T;;;;;;;. The average molecular weight is 1400 g/mol. The van der Waals surface area contributed by atoms with Gasteiger partial charge in [-0.3, -0.25) is 4.79 Å². The first-order valence-corrected chi connectivity index (χ1v) is 19.0. The van der Waals surface area contributed by atoms with E-state index in [0.717, 1.165) is 11.1 Å². The van der Waals surface area contributed by atoms with Crippen molar-refractivity contribution in [2.75, 3.05) is 34.4 Å². The minimum atomic E-state index is -1.70. The largest absolute Gasteiger partial charge is 0.481 e. The molecule has 13 nitrogen and oxygen atoms in total. The van der Waals surface area contributed by atoms with Crippen LogP contribution < -0.4 is 0 Å². The topological polar surface area (TPSA) is 147 Å². The maximum Gasteiger partial charge on any atom is 0.186 e. The number of hydrogen-bond acceptors (Lipinski definition) is 13. The first kappa shape index (κ1) is 73.2. The Bertz CT molecular complexity index is 1510. The van der Waals surface area contributed by atoms with Crippen molar-refractivity contribution in [3.63, 3.8) is 0 Å². The van der Waals surface area contributed by atoms with Gasteiger partial charge in [0.25, 0.3) is 0 Å². The van der Waals surface area contributed by atoms with Crippen molar-refractivity contribution in [3.8, 4) is 0 Å². The van der Waals surface area contributed by atoms with Gasteiger partial charge in [0.15, 0.2) is 18.9 Å². The molecule has 7 radical (unpaired) electrons. The number of hydrogen-bond donors (Lipinski definition) is 1. The molecule has 0 aromatic carbocycles. The van der Waals surface area contributed by atoms with Crippen molar-refractivity contribution >= 4 is 17.5 Å². The van der Waals surface area contributed by atoms with Crippen LogP contribution in [-0.2, 0) is 278 Å². The van der Waals surface area contributed by atoms with Gasteiger partial charge in [0, 0.05) is 260 Å². The molecule has 0 saturated carbocycles. The van der Waals surface area contributed by atoms with Crippen LogP contribution in [0.15, 0.2) is 35.6 Å². The zero-order valence-corrected chi connectivity index (χ0v) is 58.7. The van der Waals surface area contributed by atoms with Gasteiger partial charge in [-0.1, -0.05) is 57.3 Å². The van der Waals surface area contributed by atoms with Crippen LogP contribution in [0, 0.1) is 38.0 Å². The van der Waals surface area contributed by atoms with Crippen LogP contribution in [0.25, 0.3) is 0 Å². The van der Waals surface area contributed by atoms with Crippen LogP contribution in [0.5, 0.6) is 0 Å². The number of methoxy groups -OCH3 is 1. The summed E-state index contributed by atoms with van der Waals surface area (Å²) in [6.45, 7) is 22.7. The van der Waals surface area contributed by atoms with Gasteiger partial charge in [-0.05, 0) is 60.0 Å². The molecule has 3 saturated heterocycles. The average Bonchev–Trinajstić information content (AvgIpc) is 3.18. The maximum atomic E-state index is 14.4. The van der Waals surface area contributed by atoms with E-state index in [1.165, 1.54) is 6.92 Å². The van der Waals surface area contributed by atoms with Crippen molar-refractivity contribution < 1.29 is 278 Å². The Hall–Kier alpha value is 4.69. The fourth-order valence-electron chi connectivity index (χ4n) is 8.15. The third kappa shape index (κ3) is 19.9. The molecule has 1 aromatic rings. The van der Waals surface area contributed by atoms with Gasteiger partial charge >= 0.3 is 0 Å². The van der Waals surface area contributed by atoms with E-state index >= 15 is 0 Å². The monoisotopic (exact) mass is 1400 g/mol. The number of rotatable bonds is 8. The number of esters is 1. The fourth-order valence-corrected chi connectivity index (χ4v) is 8.15. The second-order valence-corrected chi connectivity index (χ2v) is 16.0. The summed E-state index contributed by atoms with van der Waals surface area (Å²) in [6.07, 6.45) is -1.49. The molecule has 1 aromatic heterocycles. The molecule has 3 aliphatic heterocycles. The molecule has 0 aliphatic carbocycles. The number of carbonyl (C=O) groups is 2. The van der Waals surface area contributed by atoms with E-state index in [2.05, 4.69) is 35.9 Å². The minimum absolute atomic E-state index is 0. The second kappa shape index (κ2) is 34.9. The molecule has 0 spiro atoms. The number of oxime groups is 1. The van der Waals surface area contributed by atoms with Gasteiger partial charge in [0.05, 0.1) is 42.8 Å². The van der Waals surface area contributed by atoms with Crippen molar-refractivity contribution in [1.82, 2.24) is 9.88 Å². The van der Waals surface area contributed by atoms with Crippen LogP contribution in [0.1, 0.15) is 87.3 Å². The number of aliphatic hydroxyl groups is 1. The predicted molar refractivity (Wildman–Crippen MR) is 209 cm³/mol. The molecule has 62 heavy (non-hydrogen) atoms. The van der Waals surface area contributed by atoms with E-state index in [4.69, 9.17) is 34.6 Å². The van der Waals surface area contributed by atoms with Gasteiger partial charge in [-0.2, -0.15) is 25.5 Å². The molecule has 1 unspecified atom stereocenters. The molecule has 333 valence electrons. The summed E-state index contributed by atoms with van der Waals surface area (Å²) in [5.41, 5.74) is -0.310. The molecule has 4 rings (SSSR count). The van der Waals surface area contributed by atoms with Gasteiger partial charge < -0.3 is 60.4 Å². The van der Waals surface area contributed by atoms with E-state index in [-0.39, 0.29) is 279 Å². The number of cyclic esters (lactones) is 1. The Morgan fingerprint density at radius 2 is 1.68 bits per heavy atom. The van der Waals surface area contributed by atoms with E-state index in [9.17, 15) is 14.7 Å². The minimum Gasteiger partial charge on any atom is -0.481 e. The Balaban J connectivity index is -0.00000123. The van der Waals surface area contributed by atoms with Gasteiger partial charge in [-0.15, -0.1) is 0 Å². The fraction of sp³-hybridized carbons (Fsp3) is 0.690. The summed E-state index contributed by atoms with van der Waals surface area (Å²) in [7, 11) is 8.09. The SMILES string of the molecule is C=C1[C@H](C)C[C@@]2(C)OCC(=NOCc3ccc([CH2-])cn3)CO[C@H]([C@H]1C)[C@](C)(O)[C@@H](CC)OC(=O)[C-](C)C(=O)[C@H](C)[C@H]2OC1O[C@H](C)C[C@H](N(C)C)[C@H]1OC.[3H][CH2-].[Y].[Y].[Y].[Y].[Y].[Y].[Y]. The molecule has 12 atom stereocenters. The van der Waals surface area contributed by atoms with Crippen molar-refractivity contribution in [1.29, 1.82) is 0 Å². The van der Waals surface area contributed by atoms with Crippen molar-refractivity contribution in [2.24, 2.45) is 22.9 Å². The van der Waals surface area contributed by atoms with Crippen molar-refractivity contribution in [3.05, 3.63) is 62.0 Å². The number of aromatic nitrogens is 1.